The highest BCUT2D eigenvalue weighted by Gasteiger charge is 2.52. The first-order valence-electron chi connectivity index (χ1n) is 11.7. The third kappa shape index (κ3) is 5.73. The summed E-state index contributed by atoms with van der Waals surface area (Å²) in [7, 11) is 0. The molecule has 1 aliphatic carbocycles. The molecular weight excluding hydrogens is 508 g/mol. The number of phenolic OH excluding ortho intramolecular Hbond substituents is 1. The van der Waals surface area contributed by atoms with E-state index in [1.807, 2.05) is 0 Å². The Morgan fingerprint density at radius 2 is 1.68 bits per heavy atom. The Morgan fingerprint density at radius 1 is 0.974 bits per heavy atom. The highest BCUT2D eigenvalue weighted by atomic mass is 16.8. The fraction of sp³-hybridized carbons (Fsp3) is 0.440. The molecule has 0 bridgehead atoms. The smallest absolute Gasteiger partial charge is 0.335 e. The van der Waals surface area contributed by atoms with E-state index in [9.17, 15) is 45.3 Å². The Kier molecular flexibility index (Phi) is 8.47. The number of carbonyl (C=O) groups is 2. The molecule has 1 aromatic rings. The number of carboxylic acid groups (broad SMARTS) is 1. The number of aliphatic carboxylic acids is 1. The third-order valence-electron chi connectivity index (χ3n) is 6.60. The molecule has 1 saturated heterocycles. The molecule has 9 atom stereocenters. The van der Waals surface area contributed by atoms with E-state index in [2.05, 4.69) is 0 Å². The Balaban J connectivity index is 1.49. The molecule has 0 aromatic heterocycles. The number of hydrogen-bond donors (Lipinski definition) is 7. The molecule has 2 aliphatic heterocycles. The predicted molar refractivity (Wildman–Crippen MR) is 125 cm³/mol. The maximum Gasteiger partial charge on any atom is 0.335 e. The lowest BCUT2D eigenvalue weighted by Crippen LogP contribution is -2.60. The van der Waals surface area contributed by atoms with E-state index < -0.39 is 73.5 Å². The summed E-state index contributed by atoms with van der Waals surface area (Å²) in [4.78, 5) is 24.1. The van der Waals surface area contributed by atoms with Crippen molar-refractivity contribution >= 4 is 18.0 Å². The van der Waals surface area contributed by atoms with Crippen molar-refractivity contribution in [1.82, 2.24) is 0 Å². The Bertz CT molecular complexity index is 1110. The van der Waals surface area contributed by atoms with Crippen molar-refractivity contribution in [2.75, 3.05) is 13.2 Å². The van der Waals surface area contributed by atoms with Gasteiger partial charge in [-0.25, -0.2) is 9.59 Å². The maximum atomic E-state index is 12.3. The highest BCUT2D eigenvalue weighted by Crippen LogP contribution is 2.44. The molecule has 206 valence electrons. The average Bonchev–Trinajstić information content (AvgIpc) is 3.23. The van der Waals surface area contributed by atoms with Crippen molar-refractivity contribution in [3.63, 3.8) is 0 Å². The second-order valence-corrected chi connectivity index (χ2v) is 9.03. The molecule has 7 N–H and O–H groups in total. The molecule has 3 aliphatic rings. The molecule has 0 radical (unpaired) electrons. The number of ether oxygens (including phenoxy) is 4. The SMILES string of the molecule is O=C(/C=C\c1ccc(O)cc1)OCC1=C[C@H](O)[C@@H]2C(C(=O)O)=CO[C@@H](O[C@@H]3O[C@H](CO)[C@@H](O)[C@H](O)[C@H]3O)[C@H]12. The van der Waals surface area contributed by atoms with E-state index in [-0.39, 0.29) is 23.5 Å². The van der Waals surface area contributed by atoms with Crippen LogP contribution in [0, 0.1) is 11.8 Å². The zero-order chi connectivity index (χ0) is 27.6. The van der Waals surface area contributed by atoms with Crippen molar-refractivity contribution in [2.45, 2.75) is 43.1 Å². The lowest BCUT2D eigenvalue weighted by atomic mass is 9.82. The fourth-order valence-corrected chi connectivity index (χ4v) is 4.62. The monoisotopic (exact) mass is 536 g/mol. The number of benzene rings is 1. The van der Waals surface area contributed by atoms with Gasteiger partial charge in [0.1, 0.15) is 36.8 Å². The number of aromatic hydroxyl groups is 1. The van der Waals surface area contributed by atoms with E-state index in [0.717, 1.165) is 12.3 Å². The first-order chi connectivity index (χ1) is 18.1. The van der Waals surface area contributed by atoms with Gasteiger partial charge in [0.05, 0.1) is 30.5 Å². The standard InChI is InChI=1S/C25H28O13/c26-8-16-20(30)21(31)22(32)25(37-16)38-24-18-12(7-15(28)19(18)14(10-36-24)23(33)34)9-35-17(29)6-3-11-1-4-13(27)5-2-11/h1-7,10,15-16,18-22,24-28,30-32H,8-9H2,(H,33,34)/b6-3-/t15-,16+,18+,19-,20+,21-,22+,24-,25-/m0/s1. The summed E-state index contributed by atoms with van der Waals surface area (Å²) in [5.41, 5.74) is 0.636. The Hall–Kier alpha value is -3.30. The number of hydrogen-bond acceptors (Lipinski definition) is 12. The van der Waals surface area contributed by atoms with Gasteiger partial charge in [-0.05, 0) is 29.3 Å². The number of esters is 1. The van der Waals surface area contributed by atoms with E-state index in [1.54, 1.807) is 12.1 Å². The molecule has 13 heteroatoms. The molecule has 4 rings (SSSR count). The van der Waals surface area contributed by atoms with Crippen molar-refractivity contribution in [2.24, 2.45) is 11.8 Å². The quantitative estimate of drug-likeness (QED) is 0.116. The van der Waals surface area contributed by atoms with E-state index >= 15 is 0 Å². The molecule has 0 saturated carbocycles. The predicted octanol–water partition coefficient (Wildman–Crippen LogP) is -1.38. The van der Waals surface area contributed by atoms with Gasteiger partial charge in [0.2, 0.25) is 6.29 Å². The van der Waals surface area contributed by atoms with Gasteiger partial charge >= 0.3 is 11.9 Å². The molecule has 38 heavy (non-hydrogen) atoms. The minimum atomic E-state index is -1.75. The van der Waals surface area contributed by atoms with Gasteiger partial charge in [0.25, 0.3) is 0 Å². The van der Waals surface area contributed by atoms with Crippen LogP contribution in [0.25, 0.3) is 6.08 Å². The van der Waals surface area contributed by atoms with Crippen LogP contribution in [0.4, 0.5) is 0 Å². The number of rotatable bonds is 8. The van der Waals surface area contributed by atoms with Crippen LogP contribution < -0.4 is 0 Å². The summed E-state index contributed by atoms with van der Waals surface area (Å²) in [6.07, 6.45) is -5.77. The van der Waals surface area contributed by atoms with Gasteiger partial charge in [-0.2, -0.15) is 0 Å². The minimum Gasteiger partial charge on any atom is -0.508 e. The summed E-state index contributed by atoms with van der Waals surface area (Å²) in [5, 5.41) is 69.4. The summed E-state index contributed by atoms with van der Waals surface area (Å²) in [6.45, 7) is -1.05. The van der Waals surface area contributed by atoms with Crippen LogP contribution in [-0.4, -0.2) is 104 Å². The van der Waals surface area contributed by atoms with E-state index in [4.69, 9.17) is 18.9 Å². The fourth-order valence-electron chi connectivity index (χ4n) is 4.62. The van der Waals surface area contributed by atoms with Crippen LogP contribution in [0.1, 0.15) is 5.56 Å². The summed E-state index contributed by atoms with van der Waals surface area (Å²) < 4.78 is 21.8. The normalized spacial score (nSPS) is 34.7. The Labute approximate surface area is 216 Å². The maximum absolute atomic E-state index is 12.3. The number of aliphatic hydroxyl groups excluding tert-OH is 5. The van der Waals surface area contributed by atoms with Crippen LogP contribution in [0.15, 0.2) is 53.8 Å². The molecule has 0 amide bonds. The number of carboxylic acids is 1. The number of carbonyl (C=O) groups excluding carboxylic acids is 1. The Morgan fingerprint density at radius 3 is 2.34 bits per heavy atom. The van der Waals surface area contributed by atoms with Crippen molar-refractivity contribution in [3.8, 4) is 5.75 Å². The first kappa shape index (κ1) is 27.7. The molecule has 1 aromatic carbocycles. The van der Waals surface area contributed by atoms with Gasteiger partial charge in [0.15, 0.2) is 6.29 Å². The molecule has 0 spiro atoms. The van der Waals surface area contributed by atoms with Crippen molar-refractivity contribution in [3.05, 3.63) is 59.4 Å². The zero-order valence-electron chi connectivity index (χ0n) is 19.8. The van der Waals surface area contributed by atoms with Crippen LogP contribution >= 0.6 is 0 Å². The van der Waals surface area contributed by atoms with Gasteiger partial charge in [-0.3, -0.25) is 0 Å². The van der Waals surface area contributed by atoms with Crippen LogP contribution in [0.3, 0.4) is 0 Å². The lowest BCUT2D eigenvalue weighted by Gasteiger charge is -2.43. The molecule has 0 unspecified atom stereocenters. The molecule has 1 fully saturated rings. The number of fused-ring (bicyclic) bond motifs is 1. The topological polar surface area (TPSA) is 213 Å². The second-order valence-electron chi connectivity index (χ2n) is 9.03. The highest BCUT2D eigenvalue weighted by molar-refractivity contribution is 5.88. The van der Waals surface area contributed by atoms with Crippen LogP contribution in [-0.2, 0) is 28.5 Å². The zero-order valence-corrected chi connectivity index (χ0v) is 19.8. The number of phenols is 1. The minimum absolute atomic E-state index is 0.0657. The largest absolute Gasteiger partial charge is 0.508 e. The van der Waals surface area contributed by atoms with Gasteiger partial charge < -0.3 is 54.7 Å². The van der Waals surface area contributed by atoms with Crippen LogP contribution in [0.5, 0.6) is 5.75 Å². The summed E-state index contributed by atoms with van der Waals surface area (Å²) in [5.74, 6) is -4.08. The van der Waals surface area contributed by atoms with Gasteiger partial charge in [-0.1, -0.05) is 18.2 Å². The molecule has 13 nitrogen and oxygen atoms in total. The van der Waals surface area contributed by atoms with Crippen molar-refractivity contribution in [1.29, 1.82) is 0 Å². The average molecular weight is 536 g/mol. The lowest BCUT2D eigenvalue weighted by molar-refractivity contribution is -0.340. The van der Waals surface area contributed by atoms with Crippen LogP contribution in [0.2, 0.25) is 0 Å². The first-order valence-corrected chi connectivity index (χ1v) is 11.7. The summed E-state index contributed by atoms with van der Waals surface area (Å²) >= 11 is 0. The van der Waals surface area contributed by atoms with E-state index in [1.165, 1.54) is 24.3 Å². The second kappa shape index (κ2) is 11.6. The third-order valence-corrected chi connectivity index (χ3v) is 6.60. The number of aliphatic hydroxyl groups is 5. The van der Waals surface area contributed by atoms with Gasteiger partial charge in [-0.15, -0.1) is 0 Å². The van der Waals surface area contributed by atoms with E-state index in [0.29, 0.717) is 5.56 Å². The molecule has 2 heterocycles. The summed E-state index contributed by atoms with van der Waals surface area (Å²) in [6, 6.07) is 6.06. The van der Waals surface area contributed by atoms with Gasteiger partial charge in [0, 0.05) is 12.0 Å². The van der Waals surface area contributed by atoms with Crippen molar-refractivity contribution < 1.29 is 64.3 Å². The molecular formula is C25H28O13.